The Morgan fingerprint density at radius 1 is 0.449 bits per heavy atom. The number of hydrogen-bond donors (Lipinski definition) is 1. The second-order valence-electron chi connectivity index (χ2n) is 12.3. The lowest BCUT2D eigenvalue weighted by Crippen LogP contribution is -1.90. The monoisotopic (exact) mass is 648 g/mol. The number of rotatable bonds is 6. The van der Waals surface area contributed by atoms with Gasteiger partial charge in [0.1, 0.15) is 5.52 Å². The van der Waals surface area contributed by atoms with Crippen molar-refractivity contribution >= 4 is 55.6 Å². The molecule has 0 aliphatic heterocycles. The lowest BCUT2D eigenvalue weighted by Gasteiger charge is -2.10. The van der Waals surface area contributed by atoms with Crippen LogP contribution in [0.5, 0.6) is 0 Å². The SMILES string of the molecule is Clc1ccc2ccc3ccc4nc(-c5ccc(-c6cccc(-c7ccc(Nc8ccc(-c9ccccc9)cc8)cc7)c6)cc5)oc4c3c2c1. The molecule has 0 amide bonds. The molecular formula is C45H29ClN2O. The summed E-state index contributed by atoms with van der Waals surface area (Å²) in [5, 5.41) is 8.54. The molecule has 9 aromatic rings. The smallest absolute Gasteiger partial charge is 0.227 e. The van der Waals surface area contributed by atoms with Gasteiger partial charge in [-0.1, -0.05) is 121 Å². The second-order valence-corrected chi connectivity index (χ2v) is 12.7. The molecule has 0 saturated carbocycles. The number of halogens is 1. The molecular weight excluding hydrogens is 620 g/mol. The van der Waals surface area contributed by atoms with Crippen LogP contribution in [0.3, 0.4) is 0 Å². The first kappa shape index (κ1) is 29.0. The number of aromatic nitrogens is 1. The molecule has 0 aliphatic carbocycles. The van der Waals surface area contributed by atoms with Crippen molar-refractivity contribution in [3.63, 3.8) is 0 Å². The van der Waals surface area contributed by atoms with E-state index in [2.05, 4.69) is 145 Å². The van der Waals surface area contributed by atoms with Gasteiger partial charge < -0.3 is 9.73 Å². The molecule has 0 fully saturated rings. The van der Waals surface area contributed by atoms with E-state index in [0.717, 1.165) is 66.3 Å². The predicted molar refractivity (Wildman–Crippen MR) is 205 cm³/mol. The maximum atomic E-state index is 6.45. The van der Waals surface area contributed by atoms with Crippen LogP contribution in [0.2, 0.25) is 5.02 Å². The summed E-state index contributed by atoms with van der Waals surface area (Å²) in [6.07, 6.45) is 0. The topological polar surface area (TPSA) is 38.1 Å². The van der Waals surface area contributed by atoms with E-state index in [1.165, 1.54) is 16.7 Å². The van der Waals surface area contributed by atoms with Gasteiger partial charge in [-0.05, 0) is 110 Å². The Morgan fingerprint density at radius 3 is 1.67 bits per heavy atom. The molecule has 9 rings (SSSR count). The van der Waals surface area contributed by atoms with Crippen molar-refractivity contribution in [3.8, 4) is 44.8 Å². The Kier molecular flexibility index (Phi) is 7.18. The Balaban J connectivity index is 0.946. The van der Waals surface area contributed by atoms with Crippen LogP contribution in [0.4, 0.5) is 11.4 Å². The van der Waals surface area contributed by atoms with Crippen molar-refractivity contribution in [2.75, 3.05) is 5.32 Å². The van der Waals surface area contributed by atoms with Crippen molar-refractivity contribution in [2.45, 2.75) is 0 Å². The van der Waals surface area contributed by atoms with Gasteiger partial charge in [0.15, 0.2) is 5.58 Å². The van der Waals surface area contributed by atoms with Crippen LogP contribution in [-0.4, -0.2) is 4.98 Å². The Morgan fingerprint density at radius 2 is 0.980 bits per heavy atom. The molecule has 0 aliphatic rings. The first-order valence-electron chi connectivity index (χ1n) is 16.3. The highest BCUT2D eigenvalue weighted by Crippen LogP contribution is 2.36. The number of oxazole rings is 1. The number of benzene rings is 8. The zero-order chi connectivity index (χ0) is 32.7. The van der Waals surface area contributed by atoms with Crippen molar-refractivity contribution in [1.29, 1.82) is 0 Å². The van der Waals surface area contributed by atoms with Gasteiger partial charge in [-0.3, -0.25) is 0 Å². The van der Waals surface area contributed by atoms with Gasteiger partial charge in [-0.2, -0.15) is 0 Å². The highest BCUT2D eigenvalue weighted by molar-refractivity contribution is 6.32. The molecule has 3 nitrogen and oxygen atoms in total. The fourth-order valence-electron chi connectivity index (χ4n) is 6.59. The summed E-state index contributed by atoms with van der Waals surface area (Å²) >= 11 is 6.39. The minimum absolute atomic E-state index is 0.600. The van der Waals surface area contributed by atoms with E-state index in [-0.39, 0.29) is 0 Å². The number of nitrogens with one attached hydrogen (secondary N) is 1. The average Bonchev–Trinajstić information content (AvgIpc) is 3.61. The lowest BCUT2D eigenvalue weighted by atomic mass is 9.98. The first-order valence-corrected chi connectivity index (χ1v) is 16.7. The van der Waals surface area contributed by atoms with E-state index in [1.807, 2.05) is 30.3 Å². The minimum Gasteiger partial charge on any atom is -0.435 e. The molecule has 0 spiro atoms. The van der Waals surface area contributed by atoms with Crippen molar-refractivity contribution in [2.24, 2.45) is 0 Å². The third-order valence-corrected chi connectivity index (χ3v) is 9.38. The summed E-state index contributed by atoms with van der Waals surface area (Å²) in [6.45, 7) is 0. The number of nitrogens with zero attached hydrogens (tertiary/aromatic N) is 1. The van der Waals surface area contributed by atoms with Crippen LogP contribution in [0, 0.1) is 0 Å². The molecule has 8 aromatic carbocycles. The summed E-state index contributed by atoms with van der Waals surface area (Å²) in [5.74, 6) is 0.600. The van der Waals surface area contributed by atoms with Crippen molar-refractivity contribution in [3.05, 3.63) is 175 Å². The molecule has 0 radical (unpaired) electrons. The largest absolute Gasteiger partial charge is 0.435 e. The molecule has 0 saturated heterocycles. The highest BCUT2D eigenvalue weighted by atomic mass is 35.5. The summed E-state index contributed by atoms with van der Waals surface area (Å²) in [5.41, 5.74) is 11.7. The fourth-order valence-corrected chi connectivity index (χ4v) is 6.76. The number of fused-ring (bicyclic) bond motifs is 5. The summed E-state index contributed by atoms with van der Waals surface area (Å²) in [4.78, 5) is 4.86. The molecule has 0 bridgehead atoms. The third-order valence-electron chi connectivity index (χ3n) is 9.14. The molecule has 0 atom stereocenters. The maximum Gasteiger partial charge on any atom is 0.227 e. The summed E-state index contributed by atoms with van der Waals surface area (Å²) < 4.78 is 6.45. The standard InChI is InChI=1S/C45H29ClN2O/c46-38-21-15-33-11-12-34-20-26-42-44(43(34)41(33)28-38)49-45(48-42)35-13-9-31(10-14-35)36-7-4-8-37(27-36)32-18-24-40(25-19-32)47-39-22-16-30(17-23-39)29-5-2-1-3-6-29/h1-28,47H. The zero-order valence-corrected chi connectivity index (χ0v) is 27.2. The normalized spacial score (nSPS) is 11.4. The van der Waals surface area contributed by atoms with Gasteiger partial charge >= 0.3 is 0 Å². The fraction of sp³-hybridized carbons (Fsp3) is 0. The Bertz CT molecular complexity index is 2610. The molecule has 232 valence electrons. The highest BCUT2D eigenvalue weighted by Gasteiger charge is 2.14. The van der Waals surface area contributed by atoms with Crippen LogP contribution in [0.25, 0.3) is 77.5 Å². The molecule has 1 N–H and O–H groups in total. The van der Waals surface area contributed by atoms with Crippen LogP contribution in [0.1, 0.15) is 0 Å². The zero-order valence-electron chi connectivity index (χ0n) is 26.4. The quantitative estimate of drug-likeness (QED) is 0.182. The molecule has 49 heavy (non-hydrogen) atoms. The molecule has 1 heterocycles. The first-order chi connectivity index (χ1) is 24.1. The van der Waals surface area contributed by atoms with Crippen LogP contribution >= 0.6 is 11.6 Å². The van der Waals surface area contributed by atoms with Gasteiger partial charge in [-0.15, -0.1) is 0 Å². The Hall–Kier alpha value is -6.16. The summed E-state index contributed by atoms with van der Waals surface area (Å²) in [7, 11) is 0. The van der Waals surface area contributed by atoms with Crippen molar-refractivity contribution < 1.29 is 4.42 Å². The van der Waals surface area contributed by atoms with E-state index in [9.17, 15) is 0 Å². The van der Waals surface area contributed by atoms with E-state index >= 15 is 0 Å². The Labute approximate surface area is 289 Å². The van der Waals surface area contributed by atoms with Gasteiger partial charge in [0.25, 0.3) is 0 Å². The van der Waals surface area contributed by atoms with E-state index in [4.69, 9.17) is 21.0 Å². The third kappa shape index (κ3) is 5.61. The van der Waals surface area contributed by atoms with E-state index in [1.54, 1.807) is 0 Å². The van der Waals surface area contributed by atoms with Crippen LogP contribution in [-0.2, 0) is 0 Å². The minimum atomic E-state index is 0.600. The molecule has 0 unspecified atom stereocenters. The van der Waals surface area contributed by atoms with Gasteiger partial charge in [0, 0.05) is 27.3 Å². The predicted octanol–water partition coefficient (Wildman–Crippen LogP) is 13.2. The molecule has 1 aromatic heterocycles. The van der Waals surface area contributed by atoms with Crippen LogP contribution < -0.4 is 5.32 Å². The van der Waals surface area contributed by atoms with Gasteiger partial charge in [-0.25, -0.2) is 4.98 Å². The van der Waals surface area contributed by atoms with Gasteiger partial charge in [0.05, 0.1) is 0 Å². The maximum absolute atomic E-state index is 6.45. The second kappa shape index (κ2) is 12.1. The molecule has 4 heteroatoms. The van der Waals surface area contributed by atoms with E-state index < -0.39 is 0 Å². The van der Waals surface area contributed by atoms with Crippen molar-refractivity contribution in [1.82, 2.24) is 4.98 Å². The number of anilines is 2. The van der Waals surface area contributed by atoms with Gasteiger partial charge in [0.2, 0.25) is 5.89 Å². The number of hydrogen-bond acceptors (Lipinski definition) is 3. The average molecular weight is 649 g/mol. The van der Waals surface area contributed by atoms with E-state index in [0.29, 0.717) is 10.9 Å². The lowest BCUT2D eigenvalue weighted by molar-refractivity contribution is 0.623. The summed E-state index contributed by atoms with van der Waals surface area (Å²) in [6, 6.07) is 58.9. The van der Waals surface area contributed by atoms with Crippen LogP contribution in [0.15, 0.2) is 174 Å².